The molecule has 0 atom stereocenters. The number of carbonyl (C=O) groups excluding carboxylic acids is 1. The third-order valence-corrected chi connectivity index (χ3v) is 4.06. The van der Waals surface area contributed by atoms with Gasteiger partial charge in [-0.15, -0.1) is 0 Å². The van der Waals surface area contributed by atoms with E-state index in [1.54, 1.807) is 25.4 Å². The normalized spacial score (nSPS) is 11.4. The lowest BCUT2D eigenvalue weighted by atomic mass is 10.0. The van der Waals surface area contributed by atoms with Crippen molar-refractivity contribution >= 4 is 22.4 Å². The quantitative estimate of drug-likeness (QED) is 0.568. The Morgan fingerprint density at radius 1 is 1.08 bits per heavy atom. The zero-order valence-corrected chi connectivity index (χ0v) is 14.6. The van der Waals surface area contributed by atoms with Crippen LogP contribution in [0.2, 0.25) is 0 Å². The van der Waals surface area contributed by atoms with E-state index < -0.39 is 0 Å². The summed E-state index contributed by atoms with van der Waals surface area (Å²) in [4.78, 5) is 23.7. The number of methoxy groups -OCH3 is 1. The van der Waals surface area contributed by atoms with Crippen molar-refractivity contribution in [2.24, 2.45) is 5.10 Å². The molecule has 0 fully saturated rings. The van der Waals surface area contributed by atoms with Crippen molar-refractivity contribution in [3.05, 3.63) is 76.7 Å². The van der Waals surface area contributed by atoms with E-state index in [4.69, 9.17) is 4.74 Å². The zero-order chi connectivity index (χ0) is 18.5. The molecule has 3 rings (SSSR count). The van der Waals surface area contributed by atoms with Gasteiger partial charge in [0.05, 0.1) is 12.8 Å². The van der Waals surface area contributed by atoms with Gasteiger partial charge in [-0.05, 0) is 30.5 Å². The first-order valence-electron chi connectivity index (χ1n) is 8.15. The molecule has 0 spiro atoms. The second kappa shape index (κ2) is 7.65. The van der Waals surface area contributed by atoms with Crippen molar-refractivity contribution in [3.8, 4) is 5.75 Å². The van der Waals surface area contributed by atoms with E-state index in [1.165, 1.54) is 10.6 Å². The van der Waals surface area contributed by atoms with E-state index in [0.29, 0.717) is 5.71 Å². The molecular weight excluding hydrogens is 330 g/mol. The van der Waals surface area contributed by atoms with Gasteiger partial charge in [0.15, 0.2) is 0 Å². The molecule has 0 radical (unpaired) electrons. The predicted molar refractivity (Wildman–Crippen MR) is 102 cm³/mol. The number of nitrogens with one attached hydrogen (secondary N) is 1. The first kappa shape index (κ1) is 17.4. The van der Waals surface area contributed by atoms with Crippen LogP contribution in [0.3, 0.4) is 0 Å². The Morgan fingerprint density at radius 3 is 2.54 bits per heavy atom. The van der Waals surface area contributed by atoms with E-state index in [9.17, 15) is 9.59 Å². The largest absolute Gasteiger partial charge is 0.496 e. The fourth-order valence-electron chi connectivity index (χ4n) is 2.75. The summed E-state index contributed by atoms with van der Waals surface area (Å²) in [6.07, 6.45) is 1.56. The minimum absolute atomic E-state index is 0.0835. The molecule has 3 aromatic rings. The number of carbonyl (C=O) groups is 1. The van der Waals surface area contributed by atoms with E-state index in [-0.39, 0.29) is 18.0 Å². The number of ether oxygens (including phenoxy) is 1. The number of hydrogen-bond acceptors (Lipinski definition) is 4. The molecule has 1 heterocycles. The monoisotopic (exact) mass is 349 g/mol. The molecule has 0 saturated carbocycles. The van der Waals surface area contributed by atoms with Crippen LogP contribution in [0.1, 0.15) is 12.5 Å². The maximum atomic E-state index is 12.1. The number of amides is 1. The van der Waals surface area contributed by atoms with Crippen LogP contribution in [0.25, 0.3) is 10.8 Å². The van der Waals surface area contributed by atoms with Gasteiger partial charge in [-0.25, -0.2) is 5.43 Å². The lowest BCUT2D eigenvalue weighted by Crippen LogP contribution is -2.29. The number of rotatable bonds is 5. The first-order valence-corrected chi connectivity index (χ1v) is 8.15. The standard InChI is InChI=1S/C20H19N3O3/c1-14(21-22-19(24)13-23-12-6-5-9-20(23)25)15-10-11-18(26-2)17-8-4-3-7-16(15)17/h3-12H,13H2,1-2H3,(H,22,24)/b21-14-. The second-order valence-electron chi connectivity index (χ2n) is 5.76. The van der Waals surface area contributed by atoms with Gasteiger partial charge in [0.1, 0.15) is 12.3 Å². The first-order chi connectivity index (χ1) is 12.6. The Kier molecular flexibility index (Phi) is 5.12. The topological polar surface area (TPSA) is 72.7 Å². The molecule has 6 heteroatoms. The number of pyridine rings is 1. The summed E-state index contributed by atoms with van der Waals surface area (Å²) in [6.45, 7) is 1.74. The molecule has 1 N–H and O–H groups in total. The highest BCUT2D eigenvalue weighted by Gasteiger charge is 2.09. The lowest BCUT2D eigenvalue weighted by molar-refractivity contribution is -0.121. The molecule has 0 bridgehead atoms. The van der Waals surface area contributed by atoms with E-state index >= 15 is 0 Å². The number of nitrogens with zero attached hydrogens (tertiary/aromatic N) is 2. The van der Waals surface area contributed by atoms with Crippen LogP contribution in [0.4, 0.5) is 0 Å². The molecule has 26 heavy (non-hydrogen) atoms. The minimum Gasteiger partial charge on any atom is -0.496 e. The van der Waals surface area contributed by atoms with E-state index in [1.807, 2.05) is 43.3 Å². The Hall–Kier alpha value is -3.41. The van der Waals surface area contributed by atoms with Crippen LogP contribution in [-0.4, -0.2) is 23.3 Å². The highest BCUT2D eigenvalue weighted by molar-refractivity contribution is 6.11. The van der Waals surface area contributed by atoms with Crippen LogP contribution < -0.4 is 15.7 Å². The van der Waals surface area contributed by atoms with Gasteiger partial charge in [-0.3, -0.25) is 9.59 Å². The van der Waals surface area contributed by atoms with E-state index in [0.717, 1.165) is 22.1 Å². The number of benzene rings is 2. The summed E-state index contributed by atoms with van der Waals surface area (Å²) >= 11 is 0. The third kappa shape index (κ3) is 3.64. The van der Waals surface area contributed by atoms with Gasteiger partial charge in [-0.2, -0.15) is 5.10 Å². The van der Waals surface area contributed by atoms with Crippen LogP contribution in [0.5, 0.6) is 5.75 Å². The number of aromatic nitrogens is 1. The molecule has 2 aromatic carbocycles. The summed E-state index contributed by atoms with van der Waals surface area (Å²) in [5.41, 5.74) is 3.84. The summed E-state index contributed by atoms with van der Waals surface area (Å²) in [6, 6.07) is 16.4. The summed E-state index contributed by atoms with van der Waals surface area (Å²) in [7, 11) is 1.63. The summed E-state index contributed by atoms with van der Waals surface area (Å²) in [5.74, 6) is 0.417. The Balaban J connectivity index is 1.82. The van der Waals surface area contributed by atoms with Gasteiger partial charge in [0.25, 0.3) is 11.5 Å². The highest BCUT2D eigenvalue weighted by Crippen LogP contribution is 2.28. The van der Waals surface area contributed by atoms with Gasteiger partial charge in [-0.1, -0.05) is 30.3 Å². The maximum Gasteiger partial charge on any atom is 0.260 e. The van der Waals surface area contributed by atoms with Crippen LogP contribution in [0.15, 0.2) is 70.7 Å². The number of hydrogen-bond donors (Lipinski definition) is 1. The van der Waals surface area contributed by atoms with Crippen molar-refractivity contribution in [2.75, 3.05) is 7.11 Å². The maximum absolute atomic E-state index is 12.1. The smallest absolute Gasteiger partial charge is 0.260 e. The van der Waals surface area contributed by atoms with E-state index in [2.05, 4.69) is 10.5 Å². The highest BCUT2D eigenvalue weighted by atomic mass is 16.5. The van der Waals surface area contributed by atoms with Crippen LogP contribution >= 0.6 is 0 Å². The molecule has 0 unspecified atom stereocenters. The lowest BCUT2D eigenvalue weighted by Gasteiger charge is -2.10. The Bertz CT molecular complexity index is 1040. The van der Waals surface area contributed by atoms with Crippen molar-refractivity contribution in [2.45, 2.75) is 13.5 Å². The zero-order valence-electron chi connectivity index (χ0n) is 14.6. The van der Waals surface area contributed by atoms with Gasteiger partial charge in [0, 0.05) is 23.2 Å². The molecule has 132 valence electrons. The summed E-state index contributed by atoms with van der Waals surface area (Å²) in [5, 5.41) is 6.15. The van der Waals surface area contributed by atoms with Gasteiger partial charge in [0.2, 0.25) is 0 Å². The molecular formula is C20H19N3O3. The molecule has 0 saturated heterocycles. The van der Waals surface area contributed by atoms with Gasteiger partial charge >= 0.3 is 0 Å². The SMILES string of the molecule is COc1ccc(/C(C)=N\NC(=O)Cn2ccccc2=O)c2ccccc12. The van der Waals surface area contributed by atoms with Crippen molar-refractivity contribution in [3.63, 3.8) is 0 Å². The van der Waals surface area contributed by atoms with Crippen LogP contribution in [-0.2, 0) is 11.3 Å². The fourth-order valence-corrected chi connectivity index (χ4v) is 2.75. The fraction of sp³-hybridized carbons (Fsp3) is 0.150. The molecule has 1 amide bonds. The third-order valence-electron chi connectivity index (χ3n) is 4.06. The van der Waals surface area contributed by atoms with Crippen molar-refractivity contribution < 1.29 is 9.53 Å². The van der Waals surface area contributed by atoms with Gasteiger partial charge < -0.3 is 9.30 Å². The molecule has 1 aromatic heterocycles. The minimum atomic E-state index is -0.365. The molecule has 0 aliphatic carbocycles. The van der Waals surface area contributed by atoms with Crippen LogP contribution in [0, 0.1) is 0 Å². The molecule has 0 aliphatic rings. The number of fused-ring (bicyclic) bond motifs is 1. The Morgan fingerprint density at radius 2 is 1.81 bits per heavy atom. The average Bonchev–Trinajstić information content (AvgIpc) is 2.67. The number of hydrazone groups is 1. The Labute approximate surface area is 150 Å². The average molecular weight is 349 g/mol. The van der Waals surface area contributed by atoms with Crippen molar-refractivity contribution in [1.29, 1.82) is 0 Å². The summed E-state index contributed by atoms with van der Waals surface area (Å²) < 4.78 is 6.72. The molecule has 6 nitrogen and oxygen atoms in total. The van der Waals surface area contributed by atoms with Crippen molar-refractivity contribution in [1.82, 2.24) is 9.99 Å². The predicted octanol–water partition coefficient (Wildman–Crippen LogP) is 2.55. The molecule has 0 aliphatic heterocycles. The second-order valence-corrected chi connectivity index (χ2v) is 5.76.